The minimum absolute atomic E-state index is 0.296. The van der Waals surface area contributed by atoms with Gasteiger partial charge in [0.25, 0.3) is 0 Å². The molecule has 0 saturated heterocycles. The van der Waals surface area contributed by atoms with Crippen LogP contribution in [0.4, 0.5) is 0 Å². The Morgan fingerprint density at radius 3 is 2.53 bits per heavy atom. The van der Waals surface area contributed by atoms with Gasteiger partial charge >= 0.3 is 0 Å². The first-order valence-electron chi connectivity index (χ1n) is 5.62. The van der Waals surface area contributed by atoms with E-state index in [0.717, 1.165) is 31.6 Å². The summed E-state index contributed by atoms with van der Waals surface area (Å²) in [5.41, 5.74) is 1.07. The number of aliphatic hydroxyl groups excluding tert-OH is 1. The minimum Gasteiger partial charge on any atom is -0.388 e. The lowest BCUT2D eigenvalue weighted by molar-refractivity contribution is 0.145. The molecule has 0 spiro atoms. The number of aryl methyl sites for hydroxylation is 1. The molecule has 1 aromatic heterocycles. The van der Waals surface area contributed by atoms with E-state index in [9.17, 15) is 5.11 Å². The van der Waals surface area contributed by atoms with E-state index in [1.54, 1.807) is 11.3 Å². The van der Waals surface area contributed by atoms with Crippen LogP contribution in [-0.2, 0) is 0 Å². The number of hydrogen-bond acceptors (Lipinski definition) is 3. The number of aliphatic hydroxyl groups is 1. The van der Waals surface area contributed by atoms with Crippen molar-refractivity contribution in [3.8, 4) is 0 Å². The highest BCUT2D eigenvalue weighted by Gasteiger charge is 2.10. The second kappa shape index (κ2) is 6.26. The fourth-order valence-electron chi connectivity index (χ4n) is 1.65. The molecular weight excluding hydrogens is 206 g/mol. The standard InChI is InChI=1S/C12H21NOS/c1-4-13(5-2)7-6-12(14)11-8-10(3)15-9-11/h8-9,12,14H,4-7H2,1-3H3. The lowest BCUT2D eigenvalue weighted by atomic mass is 10.1. The molecule has 1 unspecified atom stereocenters. The molecule has 1 atom stereocenters. The molecule has 1 N–H and O–H groups in total. The van der Waals surface area contributed by atoms with Crippen LogP contribution >= 0.6 is 11.3 Å². The van der Waals surface area contributed by atoms with Crippen molar-refractivity contribution >= 4 is 11.3 Å². The van der Waals surface area contributed by atoms with Crippen molar-refractivity contribution in [1.82, 2.24) is 4.90 Å². The predicted molar refractivity (Wildman–Crippen MR) is 66.4 cm³/mol. The average Bonchev–Trinajstić information content (AvgIpc) is 2.66. The number of thiophene rings is 1. The highest BCUT2D eigenvalue weighted by atomic mass is 32.1. The molecule has 1 rings (SSSR count). The van der Waals surface area contributed by atoms with E-state index in [2.05, 4.69) is 37.1 Å². The van der Waals surface area contributed by atoms with E-state index in [0.29, 0.717) is 0 Å². The van der Waals surface area contributed by atoms with Gasteiger partial charge in [0.15, 0.2) is 0 Å². The van der Waals surface area contributed by atoms with E-state index in [1.165, 1.54) is 4.88 Å². The number of hydrogen-bond donors (Lipinski definition) is 1. The average molecular weight is 227 g/mol. The molecule has 0 radical (unpaired) electrons. The molecular formula is C12H21NOS. The van der Waals surface area contributed by atoms with E-state index in [4.69, 9.17) is 0 Å². The van der Waals surface area contributed by atoms with Gasteiger partial charge in [-0.2, -0.15) is 0 Å². The van der Waals surface area contributed by atoms with Crippen LogP contribution in [0.1, 0.15) is 36.8 Å². The van der Waals surface area contributed by atoms with E-state index < -0.39 is 0 Å². The predicted octanol–water partition coefficient (Wildman–Crippen LogP) is 2.82. The van der Waals surface area contributed by atoms with Crippen molar-refractivity contribution in [2.45, 2.75) is 33.3 Å². The minimum atomic E-state index is -0.296. The van der Waals surface area contributed by atoms with Gasteiger partial charge in [-0.25, -0.2) is 0 Å². The Hall–Kier alpha value is -0.380. The molecule has 1 heterocycles. The molecule has 0 aliphatic rings. The summed E-state index contributed by atoms with van der Waals surface area (Å²) in [5, 5.41) is 12.0. The van der Waals surface area contributed by atoms with Gasteiger partial charge in [0.05, 0.1) is 6.10 Å². The van der Waals surface area contributed by atoms with Gasteiger partial charge in [0.1, 0.15) is 0 Å². The maximum atomic E-state index is 9.95. The van der Waals surface area contributed by atoms with E-state index >= 15 is 0 Å². The SMILES string of the molecule is CCN(CC)CCC(O)c1csc(C)c1. The molecule has 0 aliphatic heterocycles. The van der Waals surface area contributed by atoms with Crippen LogP contribution in [0.5, 0.6) is 0 Å². The second-order valence-electron chi connectivity index (χ2n) is 3.82. The third kappa shape index (κ3) is 3.93. The van der Waals surface area contributed by atoms with Gasteiger partial charge in [-0.05, 0) is 43.4 Å². The van der Waals surface area contributed by atoms with Crippen molar-refractivity contribution in [1.29, 1.82) is 0 Å². The Balaban J connectivity index is 2.39. The van der Waals surface area contributed by atoms with Crippen molar-refractivity contribution < 1.29 is 5.11 Å². The Labute approximate surface area is 96.5 Å². The Bertz CT molecular complexity index is 281. The third-order valence-corrected chi connectivity index (χ3v) is 3.63. The first-order chi connectivity index (χ1) is 7.17. The topological polar surface area (TPSA) is 23.5 Å². The van der Waals surface area contributed by atoms with Gasteiger partial charge in [-0.3, -0.25) is 0 Å². The van der Waals surface area contributed by atoms with Gasteiger partial charge in [-0.1, -0.05) is 13.8 Å². The zero-order valence-corrected chi connectivity index (χ0v) is 10.7. The van der Waals surface area contributed by atoms with E-state index in [-0.39, 0.29) is 6.10 Å². The number of nitrogens with zero attached hydrogens (tertiary/aromatic N) is 1. The summed E-state index contributed by atoms with van der Waals surface area (Å²) >= 11 is 1.70. The Morgan fingerprint density at radius 1 is 1.40 bits per heavy atom. The first-order valence-corrected chi connectivity index (χ1v) is 6.50. The van der Waals surface area contributed by atoms with Crippen LogP contribution in [0.25, 0.3) is 0 Å². The summed E-state index contributed by atoms with van der Waals surface area (Å²) in [6.45, 7) is 9.49. The summed E-state index contributed by atoms with van der Waals surface area (Å²) in [6.07, 6.45) is 0.535. The molecule has 0 fully saturated rings. The van der Waals surface area contributed by atoms with Crippen LogP contribution in [0.3, 0.4) is 0 Å². The summed E-state index contributed by atoms with van der Waals surface area (Å²) in [5.74, 6) is 0. The zero-order chi connectivity index (χ0) is 11.3. The summed E-state index contributed by atoms with van der Waals surface area (Å²) < 4.78 is 0. The van der Waals surface area contributed by atoms with Crippen molar-refractivity contribution in [3.63, 3.8) is 0 Å². The van der Waals surface area contributed by atoms with Crippen molar-refractivity contribution in [3.05, 3.63) is 21.9 Å². The maximum absolute atomic E-state index is 9.95. The second-order valence-corrected chi connectivity index (χ2v) is 4.94. The van der Waals surface area contributed by atoms with Crippen molar-refractivity contribution in [2.24, 2.45) is 0 Å². The first kappa shape index (κ1) is 12.7. The third-order valence-electron chi connectivity index (χ3n) is 2.75. The van der Waals surface area contributed by atoms with E-state index in [1.807, 2.05) is 0 Å². The zero-order valence-electron chi connectivity index (χ0n) is 9.86. The quantitative estimate of drug-likeness (QED) is 0.808. The molecule has 86 valence electrons. The highest BCUT2D eigenvalue weighted by Crippen LogP contribution is 2.22. The van der Waals surface area contributed by atoms with Gasteiger partial charge < -0.3 is 10.0 Å². The Kier molecular flexibility index (Phi) is 5.29. The molecule has 0 aromatic carbocycles. The van der Waals surface area contributed by atoms with Crippen LogP contribution in [0.2, 0.25) is 0 Å². The lowest BCUT2D eigenvalue weighted by Gasteiger charge is -2.19. The molecule has 0 aliphatic carbocycles. The molecule has 0 amide bonds. The van der Waals surface area contributed by atoms with Gasteiger partial charge in [0, 0.05) is 11.4 Å². The normalized spacial score (nSPS) is 13.4. The number of rotatable bonds is 6. The lowest BCUT2D eigenvalue weighted by Crippen LogP contribution is -2.25. The molecule has 2 nitrogen and oxygen atoms in total. The summed E-state index contributed by atoms with van der Waals surface area (Å²) in [4.78, 5) is 3.61. The smallest absolute Gasteiger partial charge is 0.0810 e. The van der Waals surface area contributed by atoms with Crippen LogP contribution in [-0.4, -0.2) is 29.6 Å². The molecule has 3 heteroatoms. The van der Waals surface area contributed by atoms with Crippen molar-refractivity contribution in [2.75, 3.05) is 19.6 Å². The maximum Gasteiger partial charge on any atom is 0.0810 e. The summed E-state index contributed by atoms with van der Waals surface area (Å²) in [6, 6.07) is 2.08. The highest BCUT2D eigenvalue weighted by molar-refractivity contribution is 7.10. The molecule has 0 bridgehead atoms. The fourth-order valence-corrected chi connectivity index (χ4v) is 2.40. The molecule has 0 saturated carbocycles. The van der Waals surface area contributed by atoms with Crippen LogP contribution < -0.4 is 0 Å². The van der Waals surface area contributed by atoms with Gasteiger partial charge in [-0.15, -0.1) is 11.3 Å². The van der Waals surface area contributed by atoms with Crippen LogP contribution in [0, 0.1) is 6.92 Å². The molecule has 1 aromatic rings. The molecule has 15 heavy (non-hydrogen) atoms. The monoisotopic (exact) mass is 227 g/mol. The largest absolute Gasteiger partial charge is 0.388 e. The Morgan fingerprint density at radius 2 is 2.07 bits per heavy atom. The van der Waals surface area contributed by atoms with Gasteiger partial charge in [0.2, 0.25) is 0 Å². The summed E-state index contributed by atoms with van der Waals surface area (Å²) in [7, 11) is 0. The van der Waals surface area contributed by atoms with Crippen LogP contribution in [0.15, 0.2) is 11.4 Å². The fraction of sp³-hybridized carbons (Fsp3) is 0.667.